The number of methoxy groups -OCH3 is 1. The van der Waals surface area contributed by atoms with Crippen molar-refractivity contribution in [1.82, 2.24) is 9.66 Å². The first-order valence-electron chi connectivity index (χ1n) is 11.4. The summed E-state index contributed by atoms with van der Waals surface area (Å²) in [6.45, 7) is 4.31. The zero-order valence-electron chi connectivity index (χ0n) is 20.3. The Morgan fingerprint density at radius 2 is 1.89 bits per heavy atom. The Balaban J connectivity index is 1.70. The van der Waals surface area contributed by atoms with Gasteiger partial charge in [0.15, 0.2) is 11.5 Å². The molecule has 0 spiro atoms. The van der Waals surface area contributed by atoms with Crippen LogP contribution in [0.2, 0.25) is 10.0 Å². The molecule has 0 saturated carbocycles. The van der Waals surface area contributed by atoms with E-state index in [2.05, 4.69) is 37.0 Å². The summed E-state index contributed by atoms with van der Waals surface area (Å²) in [5.74, 6) is 1.66. The van der Waals surface area contributed by atoms with Crippen LogP contribution in [0.5, 0.6) is 11.5 Å². The first-order valence-corrected chi connectivity index (χ1v) is 13.8. The molecule has 0 radical (unpaired) electrons. The standard InChI is InChI=1S/C27H23Br2Cl2N3O3/c1-4-15(2)26-33-23-8-6-18(28)10-20(23)27(35)34(26)32-13-17-9-24(36-3)25(12-21(17)29)37-14-16-5-7-19(30)11-22(16)31/h5-13,15H,4,14H2,1-3H3/t15-/m0/s1. The van der Waals surface area contributed by atoms with E-state index in [4.69, 9.17) is 37.7 Å². The molecule has 0 aliphatic carbocycles. The lowest BCUT2D eigenvalue weighted by Gasteiger charge is -2.15. The maximum Gasteiger partial charge on any atom is 0.282 e. The second-order valence-corrected chi connectivity index (χ2v) is 11.0. The molecule has 0 aliphatic heterocycles. The van der Waals surface area contributed by atoms with Crippen LogP contribution in [0.1, 0.15) is 43.1 Å². The molecule has 0 saturated heterocycles. The fourth-order valence-electron chi connectivity index (χ4n) is 3.62. The van der Waals surface area contributed by atoms with Gasteiger partial charge in [-0.1, -0.05) is 59.0 Å². The van der Waals surface area contributed by atoms with Gasteiger partial charge in [-0.3, -0.25) is 4.79 Å². The number of hydrogen-bond acceptors (Lipinski definition) is 5. The highest BCUT2D eigenvalue weighted by Crippen LogP contribution is 2.34. The van der Waals surface area contributed by atoms with Crippen molar-refractivity contribution in [3.63, 3.8) is 0 Å². The van der Waals surface area contributed by atoms with E-state index >= 15 is 0 Å². The van der Waals surface area contributed by atoms with Crippen LogP contribution in [0, 0.1) is 0 Å². The highest BCUT2D eigenvalue weighted by molar-refractivity contribution is 9.10. The zero-order valence-corrected chi connectivity index (χ0v) is 24.9. The van der Waals surface area contributed by atoms with Crippen LogP contribution < -0.4 is 15.0 Å². The van der Waals surface area contributed by atoms with E-state index in [0.29, 0.717) is 48.3 Å². The second kappa shape index (κ2) is 12.0. The Hall–Kier alpha value is -2.39. The molecule has 0 aliphatic rings. The first-order chi connectivity index (χ1) is 17.7. The maximum absolute atomic E-state index is 13.4. The molecule has 4 rings (SSSR count). The van der Waals surface area contributed by atoms with Crippen LogP contribution in [0.3, 0.4) is 0 Å². The number of fused-ring (bicyclic) bond motifs is 1. The van der Waals surface area contributed by atoms with Crippen LogP contribution in [-0.4, -0.2) is 23.0 Å². The summed E-state index contributed by atoms with van der Waals surface area (Å²) in [7, 11) is 1.56. The number of rotatable bonds is 8. The summed E-state index contributed by atoms with van der Waals surface area (Å²) in [5.41, 5.74) is 1.90. The SMILES string of the molecule is CC[C@H](C)c1nc2ccc(Br)cc2c(=O)n1N=Cc1cc(OC)c(OCc2ccc(Cl)cc2Cl)cc1Br. The fraction of sp³-hybridized carbons (Fsp3) is 0.222. The molecule has 37 heavy (non-hydrogen) atoms. The van der Waals surface area contributed by atoms with Gasteiger partial charge in [-0.15, -0.1) is 0 Å². The predicted molar refractivity (Wildman–Crippen MR) is 157 cm³/mol. The number of ether oxygens (including phenoxy) is 2. The topological polar surface area (TPSA) is 65.7 Å². The quantitative estimate of drug-likeness (QED) is 0.178. The highest BCUT2D eigenvalue weighted by Gasteiger charge is 2.16. The van der Waals surface area contributed by atoms with Gasteiger partial charge < -0.3 is 9.47 Å². The van der Waals surface area contributed by atoms with Gasteiger partial charge in [0.1, 0.15) is 12.4 Å². The van der Waals surface area contributed by atoms with Crippen molar-refractivity contribution in [3.8, 4) is 11.5 Å². The summed E-state index contributed by atoms with van der Waals surface area (Å²) in [5, 5.41) is 6.11. The lowest BCUT2D eigenvalue weighted by Crippen LogP contribution is -2.23. The third kappa shape index (κ3) is 6.20. The van der Waals surface area contributed by atoms with Crippen LogP contribution >= 0.6 is 55.1 Å². The van der Waals surface area contributed by atoms with E-state index in [-0.39, 0.29) is 18.1 Å². The van der Waals surface area contributed by atoms with Gasteiger partial charge in [0, 0.05) is 36.0 Å². The summed E-state index contributed by atoms with van der Waals surface area (Å²) in [6.07, 6.45) is 2.41. The number of benzene rings is 3. The Morgan fingerprint density at radius 3 is 2.59 bits per heavy atom. The average Bonchev–Trinajstić information content (AvgIpc) is 2.88. The molecule has 0 amide bonds. The first kappa shape index (κ1) is 27.6. The molecule has 0 bridgehead atoms. The minimum Gasteiger partial charge on any atom is -0.493 e. The molecule has 3 aromatic carbocycles. The monoisotopic (exact) mass is 665 g/mol. The van der Waals surface area contributed by atoms with Crippen LogP contribution in [-0.2, 0) is 6.61 Å². The third-order valence-electron chi connectivity index (χ3n) is 5.88. The van der Waals surface area contributed by atoms with E-state index in [1.807, 2.05) is 32.0 Å². The van der Waals surface area contributed by atoms with Gasteiger partial charge in [-0.05, 0) is 64.8 Å². The van der Waals surface area contributed by atoms with Crippen molar-refractivity contribution in [2.75, 3.05) is 7.11 Å². The van der Waals surface area contributed by atoms with Gasteiger partial charge in [0.2, 0.25) is 0 Å². The highest BCUT2D eigenvalue weighted by atomic mass is 79.9. The van der Waals surface area contributed by atoms with Crippen molar-refractivity contribution in [2.45, 2.75) is 32.8 Å². The molecule has 1 aromatic heterocycles. The minimum atomic E-state index is -0.235. The van der Waals surface area contributed by atoms with Crippen molar-refractivity contribution in [1.29, 1.82) is 0 Å². The van der Waals surface area contributed by atoms with E-state index in [1.54, 1.807) is 43.7 Å². The van der Waals surface area contributed by atoms with Crippen molar-refractivity contribution < 1.29 is 9.47 Å². The van der Waals surface area contributed by atoms with Gasteiger partial charge in [-0.25, -0.2) is 4.98 Å². The molecular weight excluding hydrogens is 645 g/mol. The Labute approximate surface area is 241 Å². The van der Waals surface area contributed by atoms with Crippen LogP contribution in [0.15, 0.2) is 67.4 Å². The molecule has 1 atom stereocenters. The smallest absolute Gasteiger partial charge is 0.282 e. The summed E-state index contributed by atoms with van der Waals surface area (Å²) in [4.78, 5) is 18.1. The summed E-state index contributed by atoms with van der Waals surface area (Å²) >= 11 is 19.3. The van der Waals surface area contributed by atoms with E-state index in [9.17, 15) is 4.79 Å². The number of halogens is 4. The average molecular weight is 668 g/mol. The predicted octanol–water partition coefficient (Wildman–Crippen LogP) is 8.21. The molecule has 0 fully saturated rings. The normalized spacial score (nSPS) is 12.3. The Bertz CT molecular complexity index is 1560. The van der Waals surface area contributed by atoms with Crippen molar-refractivity contribution in [3.05, 3.63) is 94.8 Å². The molecule has 0 unspecified atom stereocenters. The maximum atomic E-state index is 13.4. The fourth-order valence-corrected chi connectivity index (χ4v) is 4.86. The van der Waals surface area contributed by atoms with Gasteiger partial charge in [-0.2, -0.15) is 9.78 Å². The molecular formula is C27H23Br2Cl2N3O3. The van der Waals surface area contributed by atoms with Crippen LogP contribution in [0.25, 0.3) is 10.9 Å². The number of hydrogen-bond donors (Lipinski definition) is 0. The van der Waals surface area contributed by atoms with E-state index < -0.39 is 0 Å². The summed E-state index contributed by atoms with van der Waals surface area (Å²) < 4.78 is 14.4. The van der Waals surface area contributed by atoms with Gasteiger partial charge in [0.05, 0.1) is 24.2 Å². The van der Waals surface area contributed by atoms with Crippen molar-refractivity contribution >= 4 is 72.2 Å². The summed E-state index contributed by atoms with van der Waals surface area (Å²) in [6, 6.07) is 14.3. The van der Waals surface area contributed by atoms with Crippen LogP contribution in [0.4, 0.5) is 0 Å². The Morgan fingerprint density at radius 1 is 1.11 bits per heavy atom. The molecule has 10 heteroatoms. The lowest BCUT2D eigenvalue weighted by molar-refractivity contribution is 0.284. The zero-order chi connectivity index (χ0) is 26.7. The third-order valence-corrected chi connectivity index (χ3v) is 7.65. The number of aromatic nitrogens is 2. The molecule has 192 valence electrons. The molecule has 4 aromatic rings. The van der Waals surface area contributed by atoms with E-state index in [1.165, 1.54) is 4.68 Å². The number of nitrogens with zero attached hydrogens (tertiary/aromatic N) is 3. The lowest BCUT2D eigenvalue weighted by atomic mass is 10.1. The molecule has 1 heterocycles. The molecule has 6 nitrogen and oxygen atoms in total. The largest absolute Gasteiger partial charge is 0.493 e. The van der Waals surface area contributed by atoms with E-state index in [0.717, 1.165) is 16.5 Å². The Kier molecular flexibility index (Phi) is 8.95. The second-order valence-electron chi connectivity index (χ2n) is 8.35. The van der Waals surface area contributed by atoms with Gasteiger partial charge in [0.25, 0.3) is 5.56 Å². The van der Waals surface area contributed by atoms with Crippen molar-refractivity contribution in [2.24, 2.45) is 5.10 Å². The minimum absolute atomic E-state index is 0.0336. The molecule has 0 N–H and O–H groups in total. The van der Waals surface area contributed by atoms with Gasteiger partial charge >= 0.3 is 0 Å².